The molecule has 2 aromatic heterocycles. The number of hydrogen-bond donors (Lipinski definition) is 0. The van der Waals surface area contributed by atoms with Crippen LogP contribution in [0.5, 0.6) is 0 Å². The van der Waals surface area contributed by atoms with E-state index in [1.807, 2.05) is 6.07 Å². The van der Waals surface area contributed by atoms with Crippen molar-refractivity contribution in [3.8, 4) is 33.6 Å². The minimum absolute atomic E-state index is 0.971. The van der Waals surface area contributed by atoms with Crippen LogP contribution in [-0.4, -0.2) is 9.13 Å². The molecule has 0 bridgehead atoms. The van der Waals surface area contributed by atoms with Crippen molar-refractivity contribution in [2.24, 2.45) is 0 Å². The smallest absolute Gasteiger partial charge is 0.0625 e. The summed E-state index contributed by atoms with van der Waals surface area (Å²) in [5.41, 5.74) is 17.4. The second-order valence-corrected chi connectivity index (χ2v) is 17.5. The number of rotatable bonds is 9. The molecule has 0 unspecified atom stereocenters. The van der Waals surface area contributed by atoms with Gasteiger partial charge in [0.15, 0.2) is 0 Å². The first-order valence-electron chi connectivity index (χ1n) is 23.0. The summed E-state index contributed by atoms with van der Waals surface area (Å²) in [4.78, 5) is 0. The van der Waals surface area contributed by atoms with E-state index in [9.17, 15) is 0 Å². The van der Waals surface area contributed by atoms with Crippen LogP contribution in [0.1, 0.15) is 23.6 Å². The molecule has 2 nitrogen and oxygen atoms in total. The van der Waals surface area contributed by atoms with Gasteiger partial charge in [-0.05, 0) is 139 Å². The summed E-state index contributed by atoms with van der Waals surface area (Å²) in [6, 6.07) is 83.5. The molecule has 0 radical (unpaired) electrons. The van der Waals surface area contributed by atoms with Crippen LogP contribution >= 0.6 is 0 Å². The molecule has 10 aromatic carbocycles. The fourth-order valence-corrected chi connectivity index (χ4v) is 10.1. The normalized spacial score (nSPS) is 12.2. The van der Waals surface area contributed by atoms with Gasteiger partial charge in [0.1, 0.15) is 0 Å². The number of nitrogens with zero attached hydrogens (tertiary/aromatic N) is 2. The van der Waals surface area contributed by atoms with Gasteiger partial charge in [-0.3, -0.25) is 0 Å². The van der Waals surface area contributed by atoms with E-state index in [1.165, 1.54) is 87.6 Å². The second kappa shape index (κ2) is 16.7. The number of hydrogen-bond acceptors (Lipinski definition) is 0. The molecule has 2 heterocycles. The van der Waals surface area contributed by atoms with Gasteiger partial charge < -0.3 is 9.13 Å². The minimum Gasteiger partial charge on any atom is -0.317 e. The first kappa shape index (κ1) is 39.8. The predicted octanol–water partition coefficient (Wildman–Crippen LogP) is 17.6. The quantitative estimate of drug-likeness (QED) is 0.101. The fourth-order valence-electron chi connectivity index (χ4n) is 10.1. The zero-order valence-electron chi connectivity index (χ0n) is 37.3. The van der Waals surface area contributed by atoms with Crippen molar-refractivity contribution in [2.45, 2.75) is 6.92 Å². The SMILES string of the molecule is C=C(/C=C(\C=C(/C)c1ccccc1)c1ccc(-n2c3ccc(-c4ccc5c(ccn5-c5ccc(-c6ccccc6)cc5)c4)cc3c3c4ccccc4c4ccccc4c32)cc1)c1ccccc1. The number of allylic oxidation sites excluding steroid dienone is 5. The third-order valence-electron chi connectivity index (χ3n) is 13.4. The van der Waals surface area contributed by atoms with Crippen molar-refractivity contribution in [3.05, 3.63) is 272 Å². The Balaban J connectivity index is 0.989. The van der Waals surface area contributed by atoms with Crippen molar-refractivity contribution < 1.29 is 0 Å². The van der Waals surface area contributed by atoms with Crippen molar-refractivity contribution in [1.29, 1.82) is 0 Å². The average Bonchev–Trinajstić information content (AvgIpc) is 3.99. The Kier molecular flexibility index (Phi) is 9.92. The summed E-state index contributed by atoms with van der Waals surface area (Å²) in [7, 11) is 0. The van der Waals surface area contributed by atoms with Gasteiger partial charge in [0.25, 0.3) is 0 Å². The molecule has 0 atom stereocenters. The summed E-state index contributed by atoms with van der Waals surface area (Å²) in [6.45, 7) is 6.69. The molecule has 0 aliphatic carbocycles. The monoisotopic (exact) mass is 854 g/mol. The van der Waals surface area contributed by atoms with E-state index in [0.29, 0.717) is 0 Å². The van der Waals surface area contributed by atoms with Gasteiger partial charge in [0.2, 0.25) is 0 Å². The van der Waals surface area contributed by atoms with Crippen molar-refractivity contribution in [1.82, 2.24) is 9.13 Å². The van der Waals surface area contributed by atoms with Gasteiger partial charge >= 0.3 is 0 Å². The third kappa shape index (κ3) is 7.17. The maximum Gasteiger partial charge on any atom is 0.0625 e. The Hall–Kier alpha value is -8.72. The molecule has 0 aliphatic rings. The topological polar surface area (TPSA) is 9.86 Å². The van der Waals surface area contributed by atoms with Crippen molar-refractivity contribution >= 4 is 71.0 Å². The second-order valence-electron chi connectivity index (χ2n) is 17.5. The molecule has 0 saturated carbocycles. The maximum absolute atomic E-state index is 4.51. The van der Waals surface area contributed by atoms with Crippen LogP contribution < -0.4 is 0 Å². The highest BCUT2D eigenvalue weighted by molar-refractivity contribution is 6.32. The molecular formula is C65H46N2. The minimum atomic E-state index is 0.971. The first-order chi connectivity index (χ1) is 33.1. The van der Waals surface area contributed by atoms with E-state index in [4.69, 9.17) is 0 Å². The van der Waals surface area contributed by atoms with Crippen LogP contribution in [0, 0.1) is 0 Å². The lowest BCUT2D eigenvalue weighted by molar-refractivity contribution is 1.13. The summed E-state index contributed by atoms with van der Waals surface area (Å²) >= 11 is 0. The van der Waals surface area contributed by atoms with E-state index in [-0.39, 0.29) is 0 Å². The Morgan fingerprint density at radius 1 is 0.403 bits per heavy atom. The average molecular weight is 855 g/mol. The van der Waals surface area contributed by atoms with Crippen LogP contribution in [0.2, 0.25) is 0 Å². The van der Waals surface area contributed by atoms with Crippen LogP contribution in [0.25, 0.3) is 105 Å². The molecule has 67 heavy (non-hydrogen) atoms. The largest absolute Gasteiger partial charge is 0.317 e. The molecular weight excluding hydrogens is 809 g/mol. The molecule has 316 valence electrons. The Morgan fingerprint density at radius 3 is 1.64 bits per heavy atom. The van der Waals surface area contributed by atoms with Crippen LogP contribution in [0.4, 0.5) is 0 Å². The summed E-state index contributed by atoms with van der Waals surface area (Å²) in [5, 5.41) is 8.71. The molecule has 12 aromatic rings. The lowest BCUT2D eigenvalue weighted by atomic mass is 9.95. The third-order valence-corrected chi connectivity index (χ3v) is 13.4. The predicted molar refractivity (Wildman–Crippen MR) is 287 cm³/mol. The molecule has 0 fully saturated rings. The van der Waals surface area contributed by atoms with Gasteiger partial charge in [-0.15, -0.1) is 0 Å². The van der Waals surface area contributed by atoms with Gasteiger partial charge in [0.05, 0.1) is 16.6 Å². The van der Waals surface area contributed by atoms with E-state index in [2.05, 4.69) is 265 Å². The highest BCUT2D eigenvalue weighted by Gasteiger charge is 2.20. The fraction of sp³-hybridized carbons (Fsp3) is 0.0154. The summed E-state index contributed by atoms with van der Waals surface area (Å²) < 4.78 is 4.77. The van der Waals surface area contributed by atoms with E-state index in [1.54, 1.807) is 0 Å². The van der Waals surface area contributed by atoms with Gasteiger partial charge in [-0.25, -0.2) is 0 Å². The standard InChI is InChI=1S/C65H46N2/c1-44(46-16-6-3-7-17-46)40-54(41-45(2)47-18-8-4-9-19-47)50-28-34-56(35-29-50)67-63-37-31-52(43-61(63)64-59-24-14-12-22-57(59)58-23-13-15-25-60(58)65(64)67)51-30-36-62-53(42-51)38-39-66(62)55-32-26-49(27-33-55)48-20-10-5-11-21-48/h3-43H,1H2,2H3/b45-41+,54-40+. The van der Waals surface area contributed by atoms with Crippen LogP contribution in [0.15, 0.2) is 255 Å². The van der Waals surface area contributed by atoms with Gasteiger partial charge in [-0.1, -0.05) is 189 Å². The maximum atomic E-state index is 4.51. The molecule has 0 aliphatic heterocycles. The lowest BCUT2D eigenvalue weighted by Gasteiger charge is -2.14. The van der Waals surface area contributed by atoms with E-state index >= 15 is 0 Å². The lowest BCUT2D eigenvalue weighted by Crippen LogP contribution is -1.96. The molecule has 0 amide bonds. The Morgan fingerprint density at radius 2 is 0.940 bits per heavy atom. The number of benzene rings is 10. The Bertz CT molecular complexity index is 3880. The van der Waals surface area contributed by atoms with E-state index in [0.717, 1.165) is 33.6 Å². The first-order valence-corrected chi connectivity index (χ1v) is 23.0. The molecule has 0 N–H and O–H groups in total. The molecule has 12 rings (SSSR count). The van der Waals surface area contributed by atoms with Gasteiger partial charge in [-0.2, -0.15) is 0 Å². The molecule has 0 spiro atoms. The van der Waals surface area contributed by atoms with E-state index < -0.39 is 0 Å². The highest BCUT2D eigenvalue weighted by Crippen LogP contribution is 2.44. The van der Waals surface area contributed by atoms with Crippen molar-refractivity contribution in [2.75, 3.05) is 0 Å². The number of fused-ring (bicyclic) bond motifs is 9. The summed E-state index contributed by atoms with van der Waals surface area (Å²) in [6.07, 6.45) is 6.69. The highest BCUT2D eigenvalue weighted by atomic mass is 15.0. The number of aromatic nitrogens is 2. The van der Waals surface area contributed by atoms with Gasteiger partial charge in [0, 0.05) is 39.1 Å². The molecule has 2 heteroatoms. The van der Waals surface area contributed by atoms with Crippen LogP contribution in [-0.2, 0) is 0 Å². The zero-order chi connectivity index (χ0) is 44.8. The summed E-state index contributed by atoms with van der Waals surface area (Å²) in [5.74, 6) is 0. The van der Waals surface area contributed by atoms with Crippen molar-refractivity contribution in [3.63, 3.8) is 0 Å². The zero-order valence-corrected chi connectivity index (χ0v) is 37.3. The van der Waals surface area contributed by atoms with Crippen LogP contribution in [0.3, 0.4) is 0 Å². The molecule has 0 saturated heterocycles. The Labute approximate surface area is 391 Å².